The molecule has 1 fully saturated rings. The zero-order chi connectivity index (χ0) is 22.6. The molecule has 172 valence electrons. The van der Waals surface area contributed by atoms with Gasteiger partial charge in [-0.3, -0.25) is 9.69 Å². The van der Waals surface area contributed by atoms with E-state index in [4.69, 9.17) is 4.74 Å². The molecule has 0 atom stereocenters. The van der Waals surface area contributed by atoms with Crippen LogP contribution in [-0.2, 0) is 24.2 Å². The number of halogens is 1. The Labute approximate surface area is 198 Å². The highest BCUT2D eigenvalue weighted by Crippen LogP contribution is 2.28. The van der Waals surface area contributed by atoms with Gasteiger partial charge >= 0.3 is 0 Å². The Morgan fingerprint density at radius 1 is 1.03 bits per heavy atom. The highest BCUT2D eigenvalue weighted by Gasteiger charge is 2.29. The summed E-state index contributed by atoms with van der Waals surface area (Å²) in [5, 5.41) is 2.21. The molecule has 2 aromatic carbocycles. The van der Waals surface area contributed by atoms with Gasteiger partial charge in [-0.15, -0.1) is 11.3 Å². The quantitative estimate of drug-likeness (QED) is 0.472. The molecule has 0 N–H and O–H groups in total. The number of aryl methyl sites for hydroxylation is 1. The van der Waals surface area contributed by atoms with Crippen molar-refractivity contribution in [2.24, 2.45) is 0 Å². The van der Waals surface area contributed by atoms with Gasteiger partial charge in [-0.25, -0.2) is 4.39 Å². The molecule has 1 saturated heterocycles. The molecule has 0 unspecified atom stereocenters. The minimum absolute atomic E-state index is 0.233. The maximum atomic E-state index is 13.1. The summed E-state index contributed by atoms with van der Waals surface area (Å²) in [6.45, 7) is 3.91. The Kier molecular flexibility index (Phi) is 6.74. The predicted molar refractivity (Wildman–Crippen MR) is 129 cm³/mol. The van der Waals surface area contributed by atoms with E-state index in [2.05, 4.69) is 16.3 Å². The maximum Gasteiger partial charge on any atom is 0.222 e. The highest BCUT2D eigenvalue weighted by molar-refractivity contribution is 7.10. The third-order valence-corrected chi connectivity index (χ3v) is 7.77. The monoisotopic (exact) mass is 464 g/mol. The van der Waals surface area contributed by atoms with Crippen molar-refractivity contribution in [2.75, 3.05) is 19.6 Å². The molecule has 3 heterocycles. The second kappa shape index (κ2) is 10.1. The zero-order valence-electron chi connectivity index (χ0n) is 18.7. The second-order valence-electron chi connectivity index (χ2n) is 8.90. The Morgan fingerprint density at radius 3 is 2.67 bits per heavy atom. The topological polar surface area (TPSA) is 32.8 Å². The lowest BCUT2D eigenvalue weighted by Crippen LogP contribution is -2.47. The van der Waals surface area contributed by atoms with Crippen molar-refractivity contribution in [3.05, 3.63) is 81.8 Å². The van der Waals surface area contributed by atoms with Gasteiger partial charge in [0.25, 0.3) is 0 Å². The standard InChI is InChI=1S/C27H29FN2O2S/c28-22-5-7-24(8-6-22)32-25-3-1-2-20(18-25)4-9-27(31)29-14-10-23(11-15-29)30-16-12-26-21(19-30)13-17-33-26/h1-3,5-8,13,17-18,23H,4,9-12,14-16,19H2. The van der Waals surface area contributed by atoms with Crippen LogP contribution in [-0.4, -0.2) is 41.4 Å². The first kappa shape index (κ1) is 22.1. The minimum atomic E-state index is -0.286. The van der Waals surface area contributed by atoms with Crippen molar-refractivity contribution in [1.82, 2.24) is 9.80 Å². The number of fused-ring (bicyclic) bond motifs is 1. The first-order valence-electron chi connectivity index (χ1n) is 11.7. The molecule has 0 bridgehead atoms. The van der Waals surface area contributed by atoms with Gasteiger partial charge in [0, 0.05) is 43.5 Å². The molecule has 6 heteroatoms. The van der Waals surface area contributed by atoms with E-state index in [-0.39, 0.29) is 11.7 Å². The smallest absolute Gasteiger partial charge is 0.222 e. The summed E-state index contributed by atoms with van der Waals surface area (Å²) in [7, 11) is 0. The fraction of sp³-hybridized carbons (Fsp3) is 0.370. The van der Waals surface area contributed by atoms with Gasteiger partial charge in [-0.1, -0.05) is 12.1 Å². The molecular weight excluding hydrogens is 435 g/mol. The maximum absolute atomic E-state index is 13.1. The van der Waals surface area contributed by atoms with Crippen LogP contribution in [0.5, 0.6) is 11.5 Å². The number of amides is 1. The van der Waals surface area contributed by atoms with Gasteiger partial charge in [-0.05, 0) is 84.7 Å². The number of piperidine rings is 1. The van der Waals surface area contributed by atoms with Crippen molar-refractivity contribution in [1.29, 1.82) is 0 Å². The number of hydrogen-bond donors (Lipinski definition) is 0. The fourth-order valence-electron chi connectivity index (χ4n) is 4.87. The van der Waals surface area contributed by atoms with E-state index < -0.39 is 0 Å². The van der Waals surface area contributed by atoms with Gasteiger partial charge in [0.15, 0.2) is 0 Å². The number of thiophene rings is 1. The summed E-state index contributed by atoms with van der Waals surface area (Å²) in [6.07, 6.45) is 4.48. The molecule has 4 nitrogen and oxygen atoms in total. The van der Waals surface area contributed by atoms with E-state index in [9.17, 15) is 9.18 Å². The molecule has 0 spiro atoms. The van der Waals surface area contributed by atoms with Crippen molar-refractivity contribution >= 4 is 17.2 Å². The number of hydrogen-bond acceptors (Lipinski definition) is 4. The Hall–Kier alpha value is -2.70. The van der Waals surface area contributed by atoms with Crippen molar-refractivity contribution < 1.29 is 13.9 Å². The van der Waals surface area contributed by atoms with Crippen LogP contribution >= 0.6 is 11.3 Å². The lowest BCUT2D eigenvalue weighted by molar-refractivity contribution is -0.132. The first-order valence-corrected chi connectivity index (χ1v) is 12.6. The summed E-state index contributed by atoms with van der Waals surface area (Å²) >= 11 is 1.88. The third-order valence-electron chi connectivity index (χ3n) is 6.75. The number of carbonyl (C=O) groups excluding carboxylic acids is 1. The van der Waals surface area contributed by atoms with Crippen LogP contribution in [0.3, 0.4) is 0 Å². The summed E-state index contributed by atoms with van der Waals surface area (Å²) in [6, 6.07) is 16.6. The van der Waals surface area contributed by atoms with Crippen LogP contribution in [0.2, 0.25) is 0 Å². The lowest BCUT2D eigenvalue weighted by Gasteiger charge is -2.40. The largest absolute Gasteiger partial charge is 0.457 e. The molecule has 0 radical (unpaired) electrons. The fourth-order valence-corrected chi connectivity index (χ4v) is 5.76. The number of rotatable bonds is 6. The van der Waals surface area contributed by atoms with Crippen molar-refractivity contribution in [2.45, 2.75) is 44.7 Å². The number of benzene rings is 2. The molecule has 5 rings (SSSR count). The van der Waals surface area contributed by atoms with E-state index in [1.807, 2.05) is 40.5 Å². The molecule has 33 heavy (non-hydrogen) atoms. The van der Waals surface area contributed by atoms with E-state index in [0.29, 0.717) is 30.4 Å². The van der Waals surface area contributed by atoms with Crippen LogP contribution in [0.1, 0.15) is 35.3 Å². The number of likely N-dealkylation sites (tertiary alicyclic amines) is 1. The molecule has 3 aromatic rings. The van der Waals surface area contributed by atoms with Crippen LogP contribution in [0.4, 0.5) is 4.39 Å². The normalized spacial score (nSPS) is 17.1. The molecule has 2 aliphatic heterocycles. The molecule has 1 aromatic heterocycles. The summed E-state index contributed by atoms with van der Waals surface area (Å²) in [5.41, 5.74) is 2.56. The van der Waals surface area contributed by atoms with Gasteiger partial charge in [0.05, 0.1) is 0 Å². The van der Waals surface area contributed by atoms with Gasteiger partial charge in [0.2, 0.25) is 5.91 Å². The molecule has 1 amide bonds. The number of carbonyl (C=O) groups is 1. The van der Waals surface area contributed by atoms with E-state index in [1.54, 1.807) is 17.0 Å². The molecule has 2 aliphatic rings. The van der Waals surface area contributed by atoms with Crippen molar-refractivity contribution in [3.8, 4) is 11.5 Å². The van der Waals surface area contributed by atoms with E-state index >= 15 is 0 Å². The average Bonchev–Trinajstić information content (AvgIpc) is 3.32. The molecular formula is C27H29FN2O2S. The lowest BCUT2D eigenvalue weighted by atomic mass is 9.99. The summed E-state index contributed by atoms with van der Waals surface area (Å²) in [5.74, 6) is 1.24. The van der Waals surface area contributed by atoms with E-state index in [1.165, 1.54) is 17.7 Å². The summed E-state index contributed by atoms with van der Waals surface area (Å²) < 4.78 is 18.9. The van der Waals surface area contributed by atoms with Crippen LogP contribution < -0.4 is 4.74 Å². The third kappa shape index (κ3) is 5.45. The van der Waals surface area contributed by atoms with Gasteiger partial charge in [0.1, 0.15) is 17.3 Å². The van der Waals surface area contributed by atoms with E-state index in [0.717, 1.165) is 51.0 Å². The molecule has 0 saturated carbocycles. The van der Waals surface area contributed by atoms with Crippen LogP contribution in [0, 0.1) is 5.82 Å². The van der Waals surface area contributed by atoms with Gasteiger partial charge < -0.3 is 9.64 Å². The Morgan fingerprint density at radius 2 is 1.85 bits per heavy atom. The Bertz CT molecular complexity index is 1090. The zero-order valence-corrected chi connectivity index (χ0v) is 19.5. The minimum Gasteiger partial charge on any atom is -0.457 e. The van der Waals surface area contributed by atoms with Crippen molar-refractivity contribution in [3.63, 3.8) is 0 Å². The number of ether oxygens (including phenoxy) is 1. The number of nitrogens with zero attached hydrogens (tertiary/aromatic N) is 2. The van der Waals surface area contributed by atoms with Gasteiger partial charge in [-0.2, -0.15) is 0 Å². The predicted octanol–water partition coefficient (Wildman–Crippen LogP) is 5.66. The molecule has 0 aliphatic carbocycles. The first-order chi connectivity index (χ1) is 16.1. The van der Waals surface area contributed by atoms with Crippen LogP contribution in [0.25, 0.3) is 0 Å². The van der Waals surface area contributed by atoms with Crippen LogP contribution in [0.15, 0.2) is 60.0 Å². The SMILES string of the molecule is O=C(CCc1cccc(Oc2ccc(F)cc2)c1)N1CCC(N2CCc3sccc3C2)CC1. The second-order valence-corrected chi connectivity index (χ2v) is 9.91. The average molecular weight is 465 g/mol. The summed E-state index contributed by atoms with van der Waals surface area (Å²) in [4.78, 5) is 19.0. The Balaban J connectivity index is 1.09. The highest BCUT2D eigenvalue weighted by atomic mass is 32.1.